The van der Waals surface area contributed by atoms with Gasteiger partial charge in [0.15, 0.2) is 0 Å². The minimum atomic E-state index is -0.321. The van der Waals surface area contributed by atoms with Crippen molar-refractivity contribution in [2.24, 2.45) is 11.3 Å². The summed E-state index contributed by atoms with van der Waals surface area (Å²) >= 11 is 4.63. The number of hydrogen-bond donors (Lipinski definition) is 2. The standard InChI is InChI=1S/C16H29NOS/c18-16-8-2-1-5-14(16)11-17(10-9-16)12-15(13-19)6-3-4-7-15/h14,18-19H,1-13H2. The summed E-state index contributed by atoms with van der Waals surface area (Å²) in [7, 11) is 0. The van der Waals surface area contributed by atoms with E-state index in [0.717, 1.165) is 31.7 Å². The van der Waals surface area contributed by atoms with Crippen LogP contribution in [0.2, 0.25) is 0 Å². The predicted molar refractivity (Wildman–Crippen MR) is 82.7 cm³/mol. The molecule has 0 amide bonds. The summed E-state index contributed by atoms with van der Waals surface area (Å²) < 4.78 is 0. The van der Waals surface area contributed by atoms with Crippen LogP contribution in [0.1, 0.15) is 57.8 Å². The minimum Gasteiger partial charge on any atom is -0.390 e. The third kappa shape index (κ3) is 2.84. The van der Waals surface area contributed by atoms with Crippen LogP contribution in [0.25, 0.3) is 0 Å². The van der Waals surface area contributed by atoms with Gasteiger partial charge in [-0.2, -0.15) is 12.6 Å². The van der Waals surface area contributed by atoms with Gasteiger partial charge >= 0.3 is 0 Å². The van der Waals surface area contributed by atoms with Gasteiger partial charge < -0.3 is 10.0 Å². The lowest BCUT2D eigenvalue weighted by Gasteiger charge is -2.49. The van der Waals surface area contributed by atoms with E-state index >= 15 is 0 Å². The van der Waals surface area contributed by atoms with E-state index in [1.807, 2.05) is 0 Å². The molecule has 19 heavy (non-hydrogen) atoms. The van der Waals surface area contributed by atoms with Gasteiger partial charge in [0.2, 0.25) is 0 Å². The minimum absolute atomic E-state index is 0.321. The molecule has 0 spiro atoms. The van der Waals surface area contributed by atoms with Crippen LogP contribution in [0.4, 0.5) is 0 Å². The number of nitrogens with zero attached hydrogens (tertiary/aromatic N) is 1. The zero-order chi connectivity index (χ0) is 13.3. The molecule has 2 nitrogen and oxygen atoms in total. The largest absolute Gasteiger partial charge is 0.390 e. The second kappa shape index (κ2) is 5.57. The van der Waals surface area contributed by atoms with Crippen molar-refractivity contribution in [3.05, 3.63) is 0 Å². The Bertz CT molecular complexity index is 316. The molecule has 2 unspecified atom stereocenters. The molecule has 0 radical (unpaired) electrons. The summed E-state index contributed by atoms with van der Waals surface area (Å²) in [5.74, 6) is 1.58. The second-order valence-electron chi connectivity index (χ2n) is 7.40. The van der Waals surface area contributed by atoms with E-state index in [1.54, 1.807) is 0 Å². The first-order chi connectivity index (χ1) is 9.16. The maximum Gasteiger partial charge on any atom is 0.0700 e. The van der Waals surface area contributed by atoms with Crippen LogP contribution in [-0.2, 0) is 0 Å². The van der Waals surface area contributed by atoms with Crippen LogP contribution in [0.5, 0.6) is 0 Å². The number of aliphatic hydroxyl groups is 1. The highest BCUT2D eigenvalue weighted by molar-refractivity contribution is 7.80. The molecular weight excluding hydrogens is 254 g/mol. The SMILES string of the molecule is OC12CCCCC1CN(CC1(CS)CCCC1)CC2. The van der Waals surface area contributed by atoms with Gasteiger partial charge in [0.25, 0.3) is 0 Å². The average Bonchev–Trinajstić information content (AvgIpc) is 2.88. The Labute approximate surface area is 123 Å². The van der Waals surface area contributed by atoms with Crippen molar-refractivity contribution in [1.82, 2.24) is 4.90 Å². The molecule has 1 saturated heterocycles. The number of rotatable bonds is 3. The highest BCUT2D eigenvalue weighted by Crippen LogP contribution is 2.43. The predicted octanol–water partition coefficient (Wildman–Crippen LogP) is 3.10. The smallest absolute Gasteiger partial charge is 0.0700 e. The van der Waals surface area contributed by atoms with Crippen molar-refractivity contribution >= 4 is 12.6 Å². The molecule has 3 aliphatic rings. The average molecular weight is 283 g/mol. The molecule has 2 atom stereocenters. The quantitative estimate of drug-likeness (QED) is 0.778. The number of fused-ring (bicyclic) bond motifs is 1. The third-order valence-electron chi connectivity index (χ3n) is 6.07. The first kappa shape index (κ1) is 14.2. The van der Waals surface area contributed by atoms with Crippen LogP contribution in [0, 0.1) is 11.3 Å². The van der Waals surface area contributed by atoms with Crippen molar-refractivity contribution in [1.29, 1.82) is 0 Å². The Kier molecular flexibility index (Phi) is 4.17. The van der Waals surface area contributed by atoms with Gasteiger partial charge in [-0.05, 0) is 43.3 Å². The summed E-state index contributed by atoms with van der Waals surface area (Å²) in [4.78, 5) is 2.64. The van der Waals surface area contributed by atoms with Gasteiger partial charge in [-0.1, -0.05) is 25.7 Å². The first-order valence-electron chi connectivity index (χ1n) is 8.22. The van der Waals surface area contributed by atoms with Crippen molar-refractivity contribution in [3.8, 4) is 0 Å². The van der Waals surface area contributed by atoms with Gasteiger partial charge in [0.05, 0.1) is 5.60 Å². The van der Waals surface area contributed by atoms with Crippen LogP contribution in [-0.4, -0.2) is 41.0 Å². The number of piperidine rings is 1. The second-order valence-corrected chi connectivity index (χ2v) is 7.71. The molecule has 0 aromatic heterocycles. The molecule has 3 rings (SSSR count). The molecule has 2 saturated carbocycles. The van der Waals surface area contributed by atoms with Crippen LogP contribution < -0.4 is 0 Å². The lowest BCUT2D eigenvalue weighted by atomic mass is 9.71. The van der Waals surface area contributed by atoms with E-state index in [2.05, 4.69) is 17.5 Å². The monoisotopic (exact) mass is 283 g/mol. The van der Waals surface area contributed by atoms with Gasteiger partial charge in [0, 0.05) is 25.6 Å². The van der Waals surface area contributed by atoms with Crippen LogP contribution >= 0.6 is 12.6 Å². The van der Waals surface area contributed by atoms with E-state index in [9.17, 15) is 5.11 Å². The van der Waals surface area contributed by atoms with Crippen LogP contribution in [0.15, 0.2) is 0 Å². The van der Waals surface area contributed by atoms with Gasteiger partial charge in [-0.15, -0.1) is 0 Å². The lowest BCUT2D eigenvalue weighted by Crippen LogP contribution is -2.55. The Balaban J connectivity index is 1.61. The van der Waals surface area contributed by atoms with E-state index in [1.165, 1.54) is 51.5 Å². The Morgan fingerprint density at radius 1 is 1.05 bits per heavy atom. The van der Waals surface area contributed by atoms with Crippen LogP contribution in [0.3, 0.4) is 0 Å². The third-order valence-corrected chi connectivity index (χ3v) is 6.74. The summed E-state index contributed by atoms with van der Waals surface area (Å²) in [5.41, 5.74) is 0.159. The molecule has 1 heterocycles. The lowest BCUT2D eigenvalue weighted by molar-refractivity contribution is -0.0997. The number of likely N-dealkylation sites (tertiary alicyclic amines) is 1. The summed E-state index contributed by atoms with van der Waals surface area (Å²) in [6.07, 6.45) is 11.3. The highest BCUT2D eigenvalue weighted by Gasteiger charge is 2.44. The number of hydrogen-bond acceptors (Lipinski definition) is 3. The zero-order valence-corrected chi connectivity index (χ0v) is 13.0. The molecule has 3 heteroatoms. The Hall–Kier alpha value is 0.270. The van der Waals surface area contributed by atoms with Crippen molar-refractivity contribution < 1.29 is 5.11 Å². The maximum absolute atomic E-state index is 10.7. The topological polar surface area (TPSA) is 23.5 Å². The molecule has 0 aromatic rings. The first-order valence-corrected chi connectivity index (χ1v) is 8.85. The molecule has 2 aliphatic carbocycles. The summed E-state index contributed by atoms with van der Waals surface area (Å²) in [6.45, 7) is 3.46. The van der Waals surface area contributed by atoms with E-state index in [0.29, 0.717) is 11.3 Å². The highest BCUT2D eigenvalue weighted by atomic mass is 32.1. The van der Waals surface area contributed by atoms with Gasteiger partial charge in [-0.25, -0.2) is 0 Å². The van der Waals surface area contributed by atoms with Gasteiger partial charge in [-0.3, -0.25) is 0 Å². The molecule has 1 aliphatic heterocycles. The molecule has 0 aromatic carbocycles. The number of thiol groups is 1. The van der Waals surface area contributed by atoms with Crippen molar-refractivity contribution in [2.45, 2.75) is 63.4 Å². The fourth-order valence-corrected chi connectivity index (χ4v) is 5.17. The Morgan fingerprint density at radius 2 is 1.79 bits per heavy atom. The maximum atomic E-state index is 10.7. The van der Waals surface area contributed by atoms with E-state index in [4.69, 9.17) is 0 Å². The van der Waals surface area contributed by atoms with E-state index in [-0.39, 0.29) is 5.60 Å². The fraction of sp³-hybridized carbons (Fsp3) is 1.00. The molecule has 3 fully saturated rings. The van der Waals surface area contributed by atoms with Crippen molar-refractivity contribution in [3.63, 3.8) is 0 Å². The van der Waals surface area contributed by atoms with Gasteiger partial charge in [0.1, 0.15) is 0 Å². The van der Waals surface area contributed by atoms with Crippen molar-refractivity contribution in [2.75, 3.05) is 25.4 Å². The summed E-state index contributed by atoms with van der Waals surface area (Å²) in [6, 6.07) is 0. The normalized spacial score (nSPS) is 39.2. The summed E-state index contributed by atoms with van der Waals surface area (Å²) in [5, 5.41) is 10.7. The molecule has 1 N–H and O–H groups in total. The van der Waals surface area contributed by atoms with E-state index < -0.39 is 0 Å². The molecular formula is C16H29NOS. The Morgan fingerprint density at radius 3 is 2.53 bits per heavy atom. The molecule has 110 valence electrons. The molecule has 0 bridgehead atoms. The fourth-order valence-electron chi connectivity index (χ4n) is 4.75. The zero-order valence-electron chi connectivity index (χ0n) is 12.1.